The predicted octanol–water partition coefficient (Wildman–Crippen LogP) is 0.416. The van der Waals surface area contributed by atoms with E-state index in [1.54, 1.807) is 0 Å². The third kappa shape index (κ3) is 2.13. The molecular formula is C8H11N7. The minimum Gasteiger partial charge on any atom is -0.368 e. The van der Waals surface area contributed by atoms with Crippen LogP contribution in [-0.4, -0.2) is 19.9 Å². The van der Waals surface area contributed by atoms with Gasteiger partial charge in [-0.05, 0) is 19.1 Å². The zero-order valence-corrected chi connectivity index (χ0v) is 8.15. The highest BCUT2D eigenvalue weighted by Crippen LogP contribution is 2.12. The molecule has 7 nitrogen and oxygen atoms in total. The zero-order chi connectivity index (χ0) is 10.8. The van der Waals surface area contributed by atoms with Crippen LogP contribution >= 0.6 is 0 Å². The third-order valence-corrected chi connectivity index (χ3v) is 1.75. The predicted molar refractivity (Wildman–Crippen MR) is 57.5 cm³/mol. The Kier molecular flexibility index (Phi) is 2.13. The van der Waals surface area contributed by atoms with Crippen LogP contribution in [0.5, 0.6) is 0 Å². The maximum Gasteiger partial charge on any atom is 0.234 e. The number of anilines is 4. The molecule has 0 radical (unpaired) electrons. The van der Waals surface area contributed by atoms with Crippen LogP contribution in [0.15, 0.2) is 12.1 Å². The van der Waals surface area contributed by atoms with Crippen LogP contribution in [-0.2, 0) is 0 Å². The third-order valence-electron chi connectivity index (χ3n) is 1.75. The molecule has 6 N–H and O–H groups in total. The number of nitrogens with two attached hydrogens (primary N) is 2. The molecule has 0 aromatic carbocycles. The first-order valence-electron chi connectivity index (χ1n) is 4.33. The van der Waals surface area contributed by atoms with Crippen molar-refractivity contribution in [3.63, 3.8) is 0 Å². The molecule has 0 bridgehead atoms. The highest BCUT2D eigenvalue weighted by molar-refractivity contribution is 5.51. The van der Waals surface area contributed by atoms with E-state index in [9.17, 15) is 0 Å². The topological polar surface area (TPSA) is 119 Å². The summed E-state index contributed by atoms with van der Waals surface area (Å²) in [5, 5.41) is 2.93. The molecule has 2 aromatic rings. The number of H-pyrrole nitrogens is 1. The molecule has 0 unspecified atom stereocenters. The van der Waals surface area contributed by atoms with Gasteiger partial charge in [-0.15, -0.1) is 0 Å². The minimum absolute atomic E-state index is 0.0910. The van der Waals surface area contributed by atoms with Gasteiger partial charge in [-0.25, -0.2) is 0 Å². The van der Waals surface area contributed by atoms with Crippen molar-refractivity contribution >= 4 is 23.7 Å². The molecule has 0 aliphatic carbocycles. The minimum atomic E-state index is 0.0910. The summed E-state index contributed by atoms with van der Waals surface area (Å²) in [5.74, 6) is 1.28. The number of aromatic nitrogens is 4. The van der Waals surface area contributed by atoms with Crippen LogP contribution in [0, 0.1) is 6.92 Å². The van der Waals surface area contributed by atoms with Crippen LogP contribution < -0.4 is 16.8 Å². The van der Waals surface area contributed by atoms with Gasteiger partial charge >= 0.3 is 0 Å². The Hall–Kier alpha value is -2.31. The largest absolute Gasteiger partial charge is 0.368 e. The molecule has 0 amide bonds. The number of nitrogen functional groups attached to an aromatic ring is 2. The average Bonchev–Trinajstić information content (AvgIpc) is 2.49. The number of aryl methyl sites for hydroxylation is 1. The van der Waals surface area contributed by atoms with Crippen molar-refractivity contribution < 1.29 is 0 Å². The Morgan fingerprint density at radius 2 is 1.80 bits per heavy atom. The summed E-state index contributed by atoms with van der Waals surface area (Å²) in [6.45, 7) is 1.95. The van der Waals surface area contributed by atoms with E-state index < -0.39 is 0 Å². The molecule has 2 heterocycles. The number of rotatable bonds is 2. The fourth-order valence-electron chi connectivity index (χ4n) is 1.16. The molecular weight excluding hydrogens is 194 g/mol. The second-order valence-electron chi connectivity index (χ2n) is 3.06. The maximum absolute atomic E-state index is 5.43. The Labute approximate surface area is 86.0 Å². The van der Waals surface area contributed by atoms with Crippen molar-refractivity contribution in [2.45, 2.75) is 6.92 Å². The molecule has 0 aliphatic rings. The number of aromatic amines is 1. The van der Waals surface area contributed by atoms with Crippen LogP contribution in [0.3, 0.4) is 0 Å². The second-order valence-corrected chi connectivity index (χ2v) is 3.06. The molecule has 0 atom stereocenters. The van der Waals surface area contributed by atoms with Crippen molar-refractivity contribution in [3.05, 3.63) is 17.8 Å². The fourth-order valence-corrected chi connectivity index (χ4v) is 1.16. The molecule has 2 aromatic heterocycles. The van der Waals surface area contributed by atoms with Crippen molar-refractivity contribution in [2.75, 3.05) is 16.8 Å². The van der Waals surface area contributed by atoms with Crippen molar-refractivity contribution in [2.24, 2.45) is 0 Å². The van der Waals surface area contributed by atoms with Gasteiger partial charge in [0, 0.05) is 5.69 Å². The fraction of sp³-hybridized carbons (Fsp3) is 0.125. The Bertz CT molecular complexity index is 455. The molecule has 0 fully saturated rings. The molecule has 0 spiro atoms. The molecule has 2 rings (SSSR count). The smallest absolute Gasteiger partial charge is 0.234 e. The molecule has 0 saturated carbocycles. The zero-order valence-electron chi connectivity index (χ0n) is 8.15. The monoisotopic (exact) mass is 205 g/mol. The molecule has 0 saturated heterocycles. The van der Waals surface area contributed by atoms with E-state index in [2.05, 4.69) is 25.3 Å². The lowest BCUT2D eigenvalue weighted by Gasteiger charge is -2.02. The van der Waals surface area contributed by atoms with Gasteiger partial charge < -0.3 is 21.8 Å². The molecule has 7 heteroatoms. The quantitative estimate of drug-likeness (QED) is 0.564. The van der Waals surface area contributed by atoms with Crippen LogP contribution in [0.1, 0.15) is 5.69 Å². The van der Waals surface area contributed by atoms with Gasteiger partial charge in [0.25, 0.3) is 0 Å². The maximum atomic E-state index is 5.43. The van der Waals surface area contributed by atoms with Crippen molar-refractivity contribution in [3.8, 4) is 0 Å². The van der Waals surface area contributed by atoms with E-state index in [0.29, 0.717) is 5.95 Å². The number of hydrogen-bond acceptors (Lipinski definition) is 6. The first kappa shape index (κ1) is 9.25. The highest BCUT2D eigenvalue weighted by Gasteiger charge is 2.02. The SMILES string of the molecule is Cc1ccc(Nc2nc(N)nc(N)n2)[nH]1. The Balaban J connectivity index is 2.24. The van der Waals surface area contributed by atoms with Gasteiger partial charge in [0.2, 0.25) is 17.8 Å². The standard InChI is InChI=1S/C8H11N7/c1-4-2-3-5(11-4)12-8-14-6(9)13-7(10)15-8/h2-3,11H,1H3,(H5,9,10,12,13,14,15). The van der Waals surface area contributed by atoms with E-state index in [0.717, 1.165) is 11.5 Å². The van der Waals surface area contributed by atoms with Crippen LogP contribution in [0.25, 0.3) is 0 Å². The summed E-state index contributed by atoms with van der Waals surface area (Å²) in [5.41, 5.74) is 11.9. The van der Waals surface area contributed by atoms with Gasteiger partial charge in [-0.2, -0.15) is 15.0 Å². The summed E-state index contributed by atoms with van der Waals surface area (Å²) in [7, 11) is 0. The normalized spacial score (nSPS) is 10.2. The number of hydrogen-bond donors (Lipinski definition) is 4. The Morgan fingerprint density at radius 3 is 2.33 bits per heavy atom. The van der Waals surface area contributed by atoms with E-state index in [-0.39, 0.29) is 11.9 Å². The van der Waals surface area contributed by atoms with Crippen molar-refractivity contribution in [1.82, 2.24) is 19.9 Å². The van der Waals surface area contributed by atoms with Crippen LogP contribution in [0.4, 0.5) is 23.7 Å². The summed E-state index contributed by atoms with van der Waals surface area (Å²) in [4.78, 5) is 14.5. The number of nitrogens with one attached hydrogen (secondary N) is 2. The Morgan fingerprint density at radius 1 is 1.13 bits per heavy atom. The molecule has 78 valence electrons. The molecule has 0 aliphatic heterocycles. The van der Waals surface area contributed by atoms with Gasteiger partial charge in [0.05, 0.1) is 0 Å². The summed E-state index contributed by atoms with van der Waals surface area (Å²) < 4.78 is 0. The lowest BCUT2D eigenvalue weighted by Crippen LogP contribution is -2.06. The first-order chi connectivity index (χ1) is 7.13. The van der Waals surface area contributed by atoms with E-state index in [1.807, 2.05) is 19.1 Å². The van der Waals surface area contributed by atoms with E-state index >= 15 is 0 Å². The highest BCUT2D eigenvalue weighted by atomic mass is 15.2. The molecule has 15 heavy (non-hydrogen) atoms. The summed E-state index contributed by atoms with van der Waals surface area (Å²) in [6, 6.07) is 3.79. The lowest BCUT2D eigenvalue weighted by molar-refractivity contribution is 1.08. The van der Waals surface area contributed by atoms with Gasteiger partial charge in [-0.3, -0.25) is 0 Å². The number of nitrogens with zero attached hydrogens (tertiary/aromatic N) is 3. The van der Waals surface area contributed by atoms with Crippen LogP contribution in [0.2, 0.25) is 0 Å². The summed E-state index contributed by atoms with van der Waals surface area (Å²) in [6.07, 6.45) is 0. The van der Waals surface area contributed by atoms with E-state index in [4.69, 9.17) is 11.5 Å². The first-order valence-corrected chi connectivity index (χ1v) is 4.33. The van der Waals surface area contributed by atoms with E-state index in [1.165, 1.54) is 0 Å². The van der Waals surface area contributed by atoms with Gasteiger partial charge in [0.15, 0.2) is 0 Å². The van der Waals surface area contributed by atoms with Crippen molar-refractivity contribution in [1.29, 1.82) is 0 Å². The van der Waals surface area contributed by atoms with Gasteiger partial charge in [-0.1, -0.05) is 0 Å². The summed E-state index contributed by atoms with van der Waals surface area (Å²) >= 11 is 0. The van der Waals surface area contributed by atoms with Gasteiger partial charge in [0.1, 0.15) is 5.82 Å². The average molecular weight is 205 g/mol. The lowest BCUT2D eigenvalue weighted by atomic mass is 10.5. The second kappa shape index (κ2) is 3.45.